The minimum Gasteiger partial charge on any atom is -0.423 e. The van der Waals surface area contributed by atoms with E-state index in [1.54, 1.807) is 12.1 Å². The molecule has 4 nitrogen and oxygen atoms in total. The number of anilines is 2. The van der Waals surface area contributed by atoms with Crippen LogP contribution >= 0.6 is 0 Å². The van der Waals surface area contributed by atoms with Crippen molar-refractivity contribution in [1.82, 2.24) is 0 Å². The Kier molecular flexibility index (Phi) is 3.91. The fourth-order valence-corrected chi connectivity index (χ4v) is 2.38. The molecule has 0 unspecified atom stereocenters. The number of nitrogen functional groups attached to an aromatic ring is 1. The maximum absolute atomic E-state index is 9.07. The summed E-state index contributed by atoms with van der Waals surface area (Å²) in [6.07, 6.45) is 6.28. The second-order valence-corrected chi connectivity index (χ2v) is 4.70. The second-order valence-electron chi connectivity index (χ2n) is 4.70. The number of nitrogens with one attached hydrogen (secondary N) is 1. The highest BCUT2D eigenvalue weighted by molar-refractivity contribution is 6.60. The van der Waals surface area contributed by atoms with E-state index in [2.05, 4.69) is 5.32 Å². The molecule has 0 aromatic heterocycles. The van der Waals surface area contributed by atoms with Crippen molar-refractivity contribution >= 4 is 24.0 Å². The molecule has 1 aromatic rings. The zero-order valence-electron chi connectivity index (χ0n) is 9.89. The summed E-state index contributed by atoms with van der Waals surface area (Å²) < 4.78 is 0. The van der Waals surface area contributed by atoms with Gasteiger partial charge >= 0.3 is 7.12 Å². The van der Waals surface area contributed by atoms with E-state index in [1.807, 2.05) is 6.07 Å². The van der Waals surface area contributed by atoms with Crippen molar-refractivity contribution in [2.24, 2.45) is 0 Å². The summed E-state index contributed by atoms with van der Waals surface area (Å²) >= 11 is 0. The molecule has 0 bridgehead atoms. The zero-order chi connectivity index (χ0) is 12.3. The first-order valence-corrected chi connectivity index (χ1v) is 6.19. The number of benzene rings is 1. The number of rotatable bonds is 3. The lowest BCUT2D eigenvalue weighted by Gasteiger charge is -2.24. The molecule has 0 aliphatic heterocycles. The van der Waals surface area contributed by atoms with Gasteiger partial charge in [0.15, 0.2) is 0 Å². The molecule has 0 radical (unpaired) electrons. The van der Waals surface area contributed by atoms with Gasteiger partial charge in [-0.25, -0.2) is 0 Å². The van der Waals surface area contributed by atoms with E-state index in [-0.39, 0.29) is 0 Å². The van der Waals surface area contributed by atoms with Crippen molar-refractivity contribution < 1.29 is 10.0 Å². The number of nitrogens with two attached hydrogens (primary N) is 1. The standard InChI is InChI=1S/C12H19BN2O2/c14-12-8-10(6-7-11(12)13(16)17)15-9-4-2-1-3-5-9/h6-9,15-17H,1-5,14H2. The molecule has 2 rings (SSSR count). The SMILES string of the molecule is Nc1cc(NC2CCCCC2)ccc1B(O)O. The van der Waals surface area contributed by atoms with E-state index in [1.165, 1.54) is 32.1 Å². The van der Waals surface area contributed by atoms with Crippen LogP contribution in [0.1, 0.15) is 32.1 Å². The zero-order valence-corrected chi connectivity index (χ0v) is 9.89. The second kappa shape index (κ2) is 5.43. The van der Waals surface area contributed by atoms with Gasteiger partial charge in [-0.1, -0.05) is 25.3 Å². The summed E-state index contributed by atoms with van der Waals surface area (Å²) in [5.41, 5.74) is 7.50. The topological polar surface area (TPSA) is 78.5 Å². The van der Waals surface area contributed by atoms with Crippen LogP contribution in [0.5, 0.6) is 0 Å². The van der Waals surface area contributed by atoms with Crippen LogP contribution in [0.15, 0.2) is 18.2 Å². The smallest absolute Gasteiger partial charge is 0.423 e. The Bertz CT molecular complexity index is 379. The van der Waals surface area contributed by atoms with Gasteiger partial charge in [-0.2, -0.15) is 0 Å². The lowest BCUT2D eigenvalue weighted by atomic mass is 9.79. The lowest BCUT2D eigenvalue weighted by Crippen LogP contribution is -2.32. The average molecular weight is 234 g/mol. The first-order chi connectivity index (χ1) is 8.16. The van der Waals surface area contributed by atoms with Gasteiger partial charge in [-0.15, -0.1) is 0 Å². The maximum Gasteiger partial charge on any atom is 0.490 e. The van der Waals surface area contributed by atoms with Crippen molar-refractivity contribution in [3.8, 4) is 0 Å². The molecule has 0 heterocycles. The highest BCUT2D eigenvalue weighted by atomic mass is 16.4. The molecular formula is C12H19BN2O2. The summed E-state index contributed by atoms with van der Waals surface area (Å²) in [5, 5.41) is 21.6. The van der Waals surface area contributed by atoms with Crippen molar-refractivity contribution in [2.75, 3.05) is 11.1 Å². The van der Waals surface area contributed by atoms with Crippen molar-refractivity contribution in [3.05, 3.63) is 18.2 Å². The molecule has 1 saturated carbocycles. The van der Waals surface area contributed by atoms with Crippen LogP contribution < -0.4 is 16.5 Å². The van der Waals surface area contributed by atoms with Crippen LogP contribution in [0.3, 0.4) is 0 Å². The molecule has 0 spiro atoms. The van der Waals surface area contributed by atoms with Gasteiger partial charge in [0, 0.05) is 22.9 Å². The van der Waals surface area contributed by atoms with Crippen LogP contribution in [0, 0.1) is 0 Å². The molecule has 0 atom stereocenters. The number of hydrogen-bond donors (Lipinski definition) is 4. The Hall–Kier alpha value is -1.20. The monoisotopic (exact) mass is 234 g/mol. The fraction of sp³-hybridized carbons (Fsp3) is 0.500. The molecule has 1 aromatic carbocycles. The van der Waals surface area contributed by atoms with Gasteiger partial charge in [-0.05, 0) is 25.0 Å². The van der Waals surface area contributed by atoms with Crippen molar-refractivity contribution in [1.29, 1.82) is 0 Å². The Labute approximate surface area is 102 Å². The van der Waals surface area contributed by atoms with E-state index >= 15 is 0 Å². The molecule has 5 heteroatoms. The highest BCUT2D eigenvalue weighted by Gasteiger charge is 2.16. The third-order valence-corrected chi connectivity index (χ3v) is 3.34. The van der Waals surface area contributed by atoms with Gasteiger partial charge in [0.05, 0.1) is 0 Å². The summed E-state index contributed by atoms with van der Waals surface area (Å²) in [7, 11) is -1.50. The molecule has 1 aliphatic carbocycles. The average Bonchev–Trinajstić information content (AvgIpc) is 2.30. The largest absolute Gasteiger partial charge is 0.490 e. The highest BCUT2D eigenvalue weighted by Crippen LogP contribution is 2.22. The summed E-state index contributed by atoms with van der Waals surface area (Å²) in [4.78, 5) is 0. The molecule has 1 aliphatic rings. The molecule has 0 amide bonds. The van der Waals surface area contributed by atoms with E-state index in [4.69, 9.17) is 15.8 Å². The Balaban J connectivity index is 2.04. The van der Waals surface area contributed by atoms with Gasteiger partial charge < -0.3 is 21.1 Å². The minimum absolute atomic E-state index is 0.360. The molecular weight excluding hydrogens is 215 g/mol. The number of hydrogen-bond acceptors (Lipinski definition) is 4. The first kappa shape index (κ1) is 12.3. The van der Waals surface area contributed by atoms with E-state index < -0.39 is 7.12 Å². The van der Waals surface area contributed by atoms with Crippen LogP contribution in [-0.4, -0.2) is 23.2 Å². The fourth-order valence-electron chi connectivity index (χ4n) is 2.38. The van der Waals surface area contributed by atoms with E-state index in [0.29, 0.717) is 17.2 Å². The van der Waals surface area contributed by atoms with Gasteiger partial charge in [-0.3, -0.25) is 0 Å². The van der Waals surface area contributed by atoms with Crippen LogP contribution in [0.4, 0.5) is 11.4 Å². The quantitative estimate of drug-likeness (QED) is 0.458. The predicted molar refractivity (Wildman–Crippen MR) is 71.2 cm³/mol. The third-order valence-electron chi connectivity index (χ3n) is 3.34. The van der Waals surface area contributed by atoms with E-state index in [9.17, 15) is 0 Å². The molecule has 17 heavy (non-hydrogen) atoms. The lowest BCUT2D eigenvalue weighted by molar-refractivity contribution is 0.426. The van der Waals surface area contributed by atoms with Crippen LogP contribution in [0.2, 0.25) is 0 Å². The van der Waals surface area contributed by atoms with Gasteiger partial charge in [0.1, 0.15) is 0 Å². The Morgan fingerprint density at radius 1 is 1.18 bits per heavy atom. The first-order valence-electron chi connectivity index (χ1n) is 6.19. The predicted octanol–water partition coefficient (Wildman–Crippen LogP) is 0.693. The van der Waals surface area contributed by atoms with Crippen LogP contribution in [-0.2, 0) is 0 Å². The van der Waals surface area contributed by atoms with Crippen molar-refractivity contribution in [3.63, 3.8) is 0 Å². The van der Waals surface area contributed by atoms with Crippen LogP contribution in [0.25, 0.3) is 0 Å². The summed E-state index contributed by atoms with van der Waals surface area (Å²) in [6.45, 7) is 0. The molecule has 0 saturated heterocycles. The van der Waals surface area contributed by atoms with Crippen molar-refractivity contribution in [2.45, 2.75) is 38.1 Å². The summed E-state index contributed by atoms with van der Waals surface area (Å²) in [5.74, 6) is 0. The molecule has 1 fully saturated rings. The summed E-state index contributed by atoms with van der Waals surface area (Å²) in [6, 6.07) is 5.79. The van der Waals surface area contributed by atoms with Gasteiger partial charge in [0.25, 0.3) is 0 Å². The molecule has 92 valence electrons. The molecule has 5 N–H and O–H groups in total. The van der Waals surface area contributed by atoms with Gasteiger partial charge in [0.2, 0.25) is 0 Å². The third kappa shape index (κ3) is 3.14. The maximum atomic E-state index is 9.07. The Morgan fingerprint density at radius 2 is 1.88 bits per heavy atom. The normalized spacial score (nSPS) is 16.8. The van der Waals surface area contributed by atoms with E-state index in [0.717, 1.165) is 5.69 Å². The Morgan fingerprint density at radius 3 is 2.47 bits per heavy atom. The minimum atomic E-state index is -1.50.